The van der Waals surface area contributed by atoms with Gasteiger partial charge in [-0.25, -0.2) is 9.97 Å². The molecule has 26 heavy (non-hydrogen) atoms. The van der Waals surface area contributed by atoms with E-state index >= 15 is 0 Å². The summed E-state index contributed by atoms with van der Waals surface area (Å²) in [6, 6.07) is 0.499. The summed E-state index contributed by atoms with van der Waals surface area (Å²) >= 11 is 0. The lowest BCUT2D eigenvalue weighted by Gasteiger charge is -2.39. The van der Waals surface area contributed by atoms with Crippen LogP contribution in [0, 0.1) is 13.8 Å². The molecule has 0 spiro atoms. The maximum absolute atomic E-state index is 12.8. The lowest BCUT2D eigenvalue weighted by molar-refractivity contribution is -0.0500. The molecular formula is C19H31N5O2. The highest BCUT2D eigenvalue weighted by Gasteiger charge is 2.37. The number of aryl methyl sites for hydroxylation is 1. The van der Waals surface area contributed by atoms with Gasteiger partial charge in [-0.05, 0) is 53.6 Å². The van der Waals surface area contributed by atoms with Gasteiger partial charge in [-0.3, -0.25) is 4.79 Å². The lowest BCUT2D eigenvalue weighted by Crippen LogP contribution is -2.48. The maximum atomic E-state index is 12.8. The topological polar surface area (TPSA) is 72.8 Å². The van der Waals surface area contributed by atoms with E-state index < -0.39 is 5.60 Å². The van der Waals surface area contributed by atoms with Crippen molar-refractivity contribution < 1.29 is 9.90 Å². The third-order valence-corrected chi connectivity index (χ3v) is 5.91. The van der Waals surface area contributed by atoms with Crippen molar-refractivity contribution in [1.82, 2.24) is 19.8 Å². The van der Waals surface area contributed by atoms with Crippen LogP contribution < -0.4 is 4.90 Å². The Morgan fingerprint density at radius 2 is 1.96 bits per heavy atom. The Hall–Kier alpha value is -1.73. The van der Waals surface area contributed by atoms with Gasteiger partial charge in [0.25, 0.3) is 5.91 Å². The van der Waals surface area contributed by atoms with Gasteiger partial charge in [0.1, 0.15) is 5.82 Å². The molecule has 1 aromatic heterocycles. The number of anilines is 1. The Balaban J connectivity index is 1.80. The average molecular weight is 361 g/mol. The first-order valence-electron chi connectivity index (χ1n) is 9.45. The zero-order valence-corrected chi connectivity index (χ0v) is 16.6. The summed E-state index contributed by atoms with van der Waals surface area (Å²) < 4.78 is 0. The summed E-state index contributed by atoms with van der Waals surface area (Å²) in [6.45, 7) is 6.12. The number of aliphatic hydroxyl groups is 1. The van der Waals surface area contributed by atoms with Crippen LogP contribution in [0.2, 0.25) is 0 Å². The zero-order chi connectivity index (χ0) is 19.1. The summed E-state index contributed by atoms with van der Waals surface area (Å²) in [5.41, 5.74) is 1.13. The third-order valence-electron chi connectivity index (χ3n) is 5.91. The first-order valence-corrected chi connectivity index (χ1v) is 9.45. The number of carbonyl (C=O) groups excluding carboxylic acids is 1. The Kier molecular flexibility index (Phi) is 5.21. The minimum Gasteiger partial charge on any atom is -0.388 e. The fourth-order valence-corrected chi connectivity index (χ4v) is 3.80. The van der Waals surface area contributed by atoms with E-state index in [9.17, 15) is 9.90 Å². The quantitative estimate of drug-likeness (QED) is 0.850. The average Bonchev–Trinajstić information content (AvgIpc) is 3.05. The fourth-order valence-electron chi connectivity index (χ4n) is 3.80. The second-order valence-electron chi connectivity index (χ2n) is 8.17. The number of carbonyl (C=O) groups is 1. The van der Waals surface area contributed by atoms with Gasteiger partial charge in [0.15, 0.2) is 0 Å². The Morgan fingerprint density at radius 1 is 1.27 bits per heavy atom. The van der Waals surface area contributed by atoms with Crippen LogP contribution in [0.4, 0.5) is 5.82 Å². The number of amides is 1. The van der Waals surface area contributed by atoms with Gasteiger partial charge in [0, 0.05) is 44.0 Å². The number of nitrogens with zero attached hydrogens (tertiary/aromatic N) is 5. The molecule has 7 nitrogen and oxygen atoms in total. The highest BCUT2D eigenvalue weighted by atomic mass is 16.3. The van der Waals surface area contributed by atoms with Crippen LogP contribution in [0.5, 0.6) is 0 Å². The number of rotatable bonds is 5. The molecule has 0 aromatic carbocycles. The largest absolute Gasteiger partial charge is 0.388 e. The van der Waals surface area contributed by atoms with Crippen molar-refractivity contribution in [3.8, 4) is 0 Å². The van der Waals surface area contributed by atoms with Crippen molar-refractivity contribution in [2.45, 2.75) is 51.2 Å². The molecule has 1 aliphatic carbocycles. The van der Waals surface area contributed by atoms with E-state index in [2.05, 4.69) is 33.9 Å². The summed E-state index contributed by atoms with van der Waals surface area (Å²) in [5, 5.41) is 10.3. The first kappa shape index (κ1) is 19.0. The van der Waals surface area contributed by atoms with Gasteiger partial charge < -0.3 is 19.8 Å². The van der Waals surface area contributed by atoms with Gasteiger partial charge in [-0.15, -0.1) is 0 Å². The molecular weight excluding hydrogens is 330 g/mol. The second kappa shape index (κ2) is 7.12. The molecule has 1 saturated heterocycles. The molecule has 0 unspecified atom stereocenters. The second-order valence-corrected chi connectivity index (χ2v) is 8.17. The van der Waals surface area contributed by atoms with E-state index in [1.807, 2.05) is 13.8 Å². The molecule has 1 N–H and O–H groups in total. The van der Waals surface area contributed by atoms with Crippen LogP contribution in [0.25, 0.3) is 0 Å². The predicted molar refractivity (Wildman–Crippen MR) is 102 cm³/mol. The van der Waals surface area contributed by atoms with Crippen LogP contribution in [0.3, 0.4) is 0 Å². The molecule has 2 fully saturated rings. The SMILES string of the molecule is Cc1nc(C(=O)N(C)CC2(O)CCC2)nc(N2CC[C@@H](N(C)C)C2)c1C. The van der Waals surface area contributed by atoms with E-state index in [0.29, 0.717) is 12.6 Å². The third kappa shape index (κ3) is 3.69. The van der Waals surface area contributed by atoms with Gasteiger partial charge >= 0.3 is 0 Å². The molecule has 0 bridgehead atoms. The standard InChI is InChI=1S/C19H31N5O2/c1-13-14(2)20-16(18(25)23(5)12-19(26)8-6-9-19)21-17(13)24-10-7-15(11-24)22(3)4/h15,26H,6-12H2,1-5H3/t15-/m1/s1. The van der Waals surface area contributed by atoms with Crippen molar-refractivity contribution in [3.63, 3.8) is 0 Å². The molecule has 2 aliphatic rings. The van der Waals surface area contributed by atoms with Crippen molar-refractivity contribution >= 4 is 11.7 Å². The number of hydrogen-bond donors (Lipinski definition) is 1. The van der Waals surface area contributed by atoms with Gasteiger partial charge in [0.2, 0.25) is 5.82 Å². The Bertz CT molecular complexity index is 687. The van der Waals surface area contributed by atoms with Crippen molar-refractivity contribution in [2.75, 3.05) is 45.7 Å². The number of hydrogen-bond acceptors (Lipinski definition) is 6. The van der Waals surface area contributed by atoms with Crippen LogP contribution in [0.15, 0.2) is 0 Å². The van der Waals surface area contributed by atoms with Gasteiger partial charge in [0.05, 0.1) is 5.60 Å². The molecule has 1 aliphatic heterocycles. The molecule has 3 rings (SSSR count). The molecule has 1 saturated carbocycles. The minimum absolute atomic E-state index is 0.224. The van der Waals surface area contributed by atoms with Gasteiger partial charge in [-0.2, -0.15) is 0 Å². The van der Waals surface area contributed by atoms with Crippen LogP contribution >= 0.6 is 0 Å². The van der Waals surface area contributed by atoms with Crippen LogP contribution in [-0.4, -0.2) is 83.2 Å². The van der Waals surface area contributed by atoms with Crippen molar-refractivity contribution in [2.24, 2.45) is 0 Å². The van der Waals surface area contributed by atoms with E-state index in [-0.39, 0.29) is 11.7 Å². The molecule has 0 radical (unpaired) electrons. The van der Waals surface area contributed by atoms with E-state index in [1.54, 1.807) is 11.9 Å². The molecule has 1 atom stereocenters. The van der Waals surface area contributed by atoms with E-state index in [1.165, 1.54) is 0 Å². The minimum atomic E-state index is -0.735. The monoisotopic (exact) mass is 361 g/mol. The molecule has 144 valence electrons. The van der Waals surface area contributed by atoms with Crippen molar-refractivity contribution in [3.05, 3.63) is 17.1 Å². The number of likely N-dealkylation sites (N-methyl/N-ethyl adjacent to an activating group) is 2. The summed E-state index contributed by atoms with van der Waals surface area (Å²) in [4.78, 5) is 27.9. The normalized spacial score (nSPS) is 21.8. The highest BCUT2D eigenvalue weighted by Crippen LogP contribution is 2.32. The maximum Gasteiger partial charge on any atom is 0.291 e. The van der Waals surface area contributed by atoms with E-state index in [0.717, 1.165) is 55.8 Å². The molecule has 7 heteroatoms. The van der Waals surface area contributed by atoms with Crippen LogP contribution in [0.1, 0.15) is 47.6 Å². The zero-order valence-electron chi connectivity index (χ0n) is 16.6. The predicted octanol–water partition coefficient (Wildman–Crippen LogP) is 1.22. The van der Waals surface area contributed by atoms with Gasteiger partial charge in [-0.1, -0.05) is 0 Å². The Labute approximate surface area is 156 Å². The first-order chi connectivity index (χ1) is 12.2. The molecule has 1 amide bonds. The summed E-state index contributed by atoms with van der Waals surface area (Å²) in [6.07, 6.45) is 3.61. The van der Waals surface area contributed by atoms with Crippen molar-refractivity contribution in [1.29, 1.82) is 0 Å². The summed E-state index contributed by atoms with van der Waals surface area (Å²) in [5.74, 6) is 0.862. The fraction of sp³-hybridized carbons (Fsp3) is 0.737. The summed E-state index contributed by atoms with van der Waals surface area (Å²) in [7, 11) is 5.91. The lowest BCUT2D eigenvalue weighted by atomic mass is 9.80. The Morgan fingerprint density at radius 3 is 2.50 bits per heavy atom. The number of aromatic nitrogens is 2. The molecule has 2 heterocycles. The molecule has 1 aromatic rings. The van der Waals surface area contributed by atoms with E-state index in [4.69, 9.17) is 0 Å². The van der Waals surface area contributed by atoms with Crippen LogP contribution in [-0.2, 0) is 0 Å². The highest BCUT2D eigenvalue weighted by molar-refractivity contribution is 5.91. The smallest absolute Gasteiger partial charge is 0.291 e.